The van der Waals surface area contributed by atoms with Gasteiger partial charge in [0.05, 0.1) is 0 Å². The van der Waals surface area contributed by atoms with Crippen molar-refractivity contribution < 1.29 is 43.0 Å². The number of piperidine rings is 1. The second-order valence-corrected chi connectivity index (χ2v) is 21.4. The first-order valence-electron chi connectivity index (χ1n) is 24.7. The van der Waals surface area contributed by atoms with Crippen LogP contribution in [0.25, 0.3) is 0 Å². The lowest BCUT2D eigenvalue weighted by Gasteiger charge is -2.55. The Bertz CT molecular complexity index is 1950. The summed E-state index contributed by atoms with van der Waals surface area (Å²) < 4.78 is 16.5. The van der Waals surface area contributed by atoms with Gasteiger partial charge in [-0.15, -0.1) is 0 Å². The van der Waals surface area contributed by atoms with Crippen LogP contribution in [0.4, 0.5) is 9.59 Å². The van der Waals surface area contributed by atoms with Gasteiger partial charge in [-0.05, 0) is 123 Å². The zero-order chi connectivity index (χ0) is 49.5. The molecule has 0 bridgehead atoms. The Balaban J connectivity index is 1.30. The molecule has 0 aliphatic carbocycles. The van der Waals surface area contributed by atoms with Crippen molar-refractivity contribution in [2.75, 3.05) is 45.9 Å². The van der Waals surface area contributed by atoms with Crippen molar-refractivity contribution in [3.63, 3.8) is 0 Å². The molecule has 0 aromatic heterocycles. The highest BCUT2D eigenvalue weighted by Gasteiger charge is 2.48. The van der Waals surface area contributed by atoms with E-state index in [1.54, 1.807) is 41.5 Å². The Morgan fingerprint density at radius 1 is 0.662 bits per heavy atom. The molecule has 16 nitrogen and oxygen atoms in total. The van der Waals surface area contributed by atoms with Crippen LogP contribution >= 0.6 is 0 Å². The lowest BCUT2D eigenvalue weighted by Crippen LogP contribution is -2.66. The number of hydrogen-bond acceptors (Lipinski definition) is 10. The van der Waals surface area contributed by atoms with Crippen LogP contribution in [0.15, 0.2) is 60.7 Å². The fourth-order valence-corrected chi connectivity index (χ4v) is 9.19. The second-order valence-electron chi connectivity index (χ2n) is 21.4. The summed E-state index contributed by atoms with van der Waals surface area (Å²) in [5, 5.41) is 14.3. The first-order valence-corrected chi connectivity index (χ1v) is 24.7. The van der Waals surface area contributed by atoms with Crippen LogP contribution in [0.1, 0.15) is 118 Å². The Kier molecular flexibility index (Phi) is 19.7. The Morgan fingerprint density at radius 2 is 1.15 bits per heavy atom. The van der Waals surface area contributed by atoms with Crippen LogP contribution in [0.2, 0.25) is 0 Å². The van der Waals surface area contributed by atoms with Crippen LogP contribution < -0.4 is 26.6 Å². The fourth-order valence-electron chi connectivity index (χ4n) is 9.19. The summed E-state index contributed by atoms with van der Waals surface area (Å²) >= 11 is 0. The van der Waals surface area contributed by atoms with E-state index < -0.39 is 65.3 Å². The summed E-state index contributed by atoms with van der Waals surface area (Å²) in [4.78, 5) is 87.3. The maximum Gasteiger partial charge on any atom is 0.408 e. The summed E-state index contributed by atoms with van der Waals surface area (Å²) in [6.07, 6.45) is 4.71. The van der Waals surface area contributed by atoms with Crippen molar-refractivity contribution in [1.82, 2.24) is 36.4 Å². The molecule has 4 unspecified atom stereocenters. The van der Waals surface area contributed by atoms with E-state index >= 15 is 0 Å². The van der Waals surface area contributed by atoms with Crippen LogP contribution in [0.5, 0.6) is 0 Å². The van der Waals surface area contributed by atoms with Gasteiger partial charge in [0, 0.05) is 57.1 Å². The fraction of sp³-hybridized carbons (Fsp3) is 0.654. The average molecular weight is 946 g/mol. The number of likely N-dealkylation sites (tertiary alicyclic amines) is 2. The minimum Gasteiger partial charge on any atom is -0.444 e. The molecule has 4 atom stereocenters. The maximum absolute atomic E-state index is 14.5. The predicted octanol–water partition coefficient (Wildman–Crippen LogP) is 5.66. The molecule has 2 aromatic carbocycles. The zero-order valence-electron chi connectivity index (χ0n) is 41.8. The number of hydrogen-bond donors (Lipinski definition) is 5. The minimum absolute atomic E-state index is 0.0307. The number of nitrogens with zero attached hydrogens (tertiary/aromatic N) is 2. The lowest BCUT2D eigenvalue weighted by molar-refractivity contribution is -0.151. The van der Waals surface area contributed by atoms with E-state index in [0.29, 0.717) is 44.9 Å². The Hall–Kier alpha value is -5.22. The minimum atomic E-state index is -1.14. The van der Waals surface area contributed by atoms with Crippen molar-refractivity contribution >= 4 is 35.8 Å². The quantitative estimate of drug-likeness (QED) is 0.103. The van der Waals surface area contributed by atoms with E-state index in [0.717, 1.165) is 63.1 Å². The molecular formula is C52H79N7O9. The van der Waals surface area contributed by atoms with Gasteiger partial charge in [-0.1, -0.05) is 74.5 Å². The first-order chi connectivity index (χ1) is 32.2. The molecule has 3 heterocycles. The number of carbonyl (C=O) groups is 6. The number of benzene rings is 2. The smallest absolute Gasteiger partial charge is 0.408 e. The van der Waals surface area contributed by atoms with Gasteiger partial charge >= 0.3 is 12.2 Å². The molecule has 3 aliphatic heterocycles. The van der Waals surface area contributed by atoms with Gasteiger partial charge in [0.1, 0.15) is 35.4 Å². The van der Waals surface area contributed by atoms with Crippen molar-refractivity contribution in [2.24, 2.45) is 11.3 Å². The number of rotatable bonds is 20. The highest BCUT2D eigenvalue weighted by atomic mass is 16.6. The Labute approximate surface area is 404 Å². The summed E-state index contributed by atoms with van der Waals surface area (Å²) in [7, 11) is 0. The molecular weight excluding hydrogens is 867 g/mol. The van der Waals surface area contributed by atoms with E-state index in [4.69, 9.17) is 14.2 Å². The number of alkyl carbamates (subject to hydrolysis) is 2. The number of unbranched alkanes of at least 4 members (excludes halogenated alkanes) is 1. The third-order valence-corrected chi connectivity index (χ3v) is 12.7. The van der Waals surface area contributed by atoms with Gasteiger partial charge in [-0.25, -0.2) is 9.59 Å². The van der Waals surface area contributed by atoms with Gasteiger partial charge in [0.25, 0.3) is 0 Å². The summed E-state index contributed by atoms with van der Waals surface area (Å²) in [5.41, 5.74) is 0.154. The molecule has 3 aliphatic rings. The third-order valence-electron chi connectivity index (χ3n) is 12.7. The summed E-state index contributed by atoms with van der Waals surface area (Å²) in [6, 6.07) is 14.8. The molecule has 68 heavy (non-hydrogen) atoms. The Morgan fingerprint density at radius 3 is 1.68 bits per heavy atom. The third kappa shape index (κ3) is 17.7. The molecule has 6 amide bonds. The maximum atomic E-state index is 14.5. The summed E-state index contributed by atoms with van der Waals surface area (Å²) in [5.74, 6) is -1.89. The predicted molar refractivity (Wildman–Crippen MR) is 260 cm³/mol. The molecule has 376 valence electrons. The van der Waals surface area contributed by atoms with Gasteiger partial charge in [-0.3, -0.25) is 19.2 Å². The van der Waals surface area contributed by atoms with Gasteiger partial charge in [-0.2, -0.15) is 0 Å². The van der Waals surface area contributed by atoms with E-state index in [-0.39, 0.29) is 36.5 Å². The molecule has 0 saturated carbocycles. The van der Waals surface area contributed by atoms with Crippen molar-refractivity contribution in [1.29, 1.82) is 0 Å². The second kappa shape index (κ2) is 24.9. The molecule has 3 saturated heterocycles. The number of nitrogens with one attached hydrogen (secondary N) is 5. The first kappa shape index (κ1) is 53.7. The van der Waals surface area contributed by atoms with Crippen molar-refractivity contribution in [3.8, 4) is 0 Å². The van der Waals surface area contributed by atoms with Crippen molar-refractivity contribution in [2.45, 2.75) is 161 Å². The number of amides is 6. The van der Waals surface area contributed by atoms with Gasteiger partial charge in [0.2, 0.25) is 23.6 Å². The SMILES string of the molecule is CC(C)CC(NC(=O)C(Cc1ccccc1)NC(=O)C(Cc1ccccc1)NC(=O)OC(C)(C)C)C(=O)NC(CCCCNC(=O)OC(C)(C)C)C(=O)N1CC2(CCN(C3CCOCC3)CC2)C1. The van der Waals surface area contributed by atoms with Gasteiger partial charge in [0.15, 0.2) is 0 Å². The van der Waals surface area contributed by atoms with E-state index in [2.05, 4.69) is 31.5 Å². The normalized spacial score (nSPS) is 18.3. The summed E-state index contributed by atoms with van der Waals surface area (Å²) in [6.45, 7) is 19.6. The molecule has 1 spiro atoms. The molecule has 5 N–H and O–H groups in total. The lowest BCUT2D eigenvalue weighted by atomic mass is 9.71. The average Bonchev–Trinajstić information content (AvgIpc) is 3.26. The molecule has 16 heteroatoms. The number of carbonyl (C=O) groups excluding carboxylic acids is 6. The highest BCUT2D eigenvalue weighted by molar-refractivity contribution is 5.95. The topological polar surface area (TPSA) is 197 Å². The van der Waals surface area contributed by atoms with Crippen LogP contribution in [-0.2, 0) is 46.2 Å². The van der Waals surface area contributed by atoms with Crippen molar-refractivity contribution in [3.05, 3.63) is 71.8 Å². The molecule has 0 radical (unpaired) electrons. The molecule has 2 aromatic rings. The van der Waals surface area contributed by atoms with E-state index in [1.807, 2.05) is 79.4 Å². The van der Waals surface area contributed by atoms with Crippen LogP contribution in [0, 0.1) is 11.3 Å². The monoisotopic (exact) mass is 946 g/mol. The van der Waals surface area contributed by atoms with E-state index in [9.17, 15) is 28.8 Å². The largest absolute Gasteiger partial charge is 0.444 e. The van der Waals surface area contributed by atoms with Gasteiger partial charge < -0.3 is 50.6 Å². The highest BCUT2D eigenvalue weighted by Crippen LogP contribution is 2.41. The zero-order valence-corrected chi connectivity index (χ0v) is 41.8. The molecule has 5 rings (SSSR count). The molecule has 3 fully saturated rings. The van der Waals surface area contributed by atoms with Crippen LogP contribution in [0.3, 0.4) is 0 Å². The van der Waals surface area contributed by atoms with Crippen LogP contribution in [-0.4, -0.2) is 133 Å². The van der Waals surface area contributed by atoms with E-state index in [1.165, 1.54) is 0 Å². The standard InChI is InChI=1S/C52H79N7O9/c1-36(2)31-41(55-45(61)42(32-37-17-11-9-12-18-37)56-46(62)43(33-38-19-13-10-14-20-38)57-49(65)68-51(6,7)8)44(60)54-40(21-15-16-26-53-48(64)67-50(3,4)5)47(63)59-34-52(35-59)24-27-58(28-25-52)39-22-29-66-30-23-39/h9-14,17-20,36,39-43H,15-16,21-35H2,1-8H3,(H,53,64)(H,54,60)(H,55,61)(H,56,62)(H,57,65). The number of ether oxygens (including phenoxy) is 3.